The molecule has 0 atom stereocenters. The number of carbonyl (C=O) groups excluding carboxylic acids is 2. The Hall–Kier alpha value is -3.22. The quantitative estimate of drug-likeness (QED) is 0.716. The van der Waals surface area contributed by atoms with Crippen LogP contribution in [0.3, 0.4) is 0 Å². The average Bonchev–Trinajstić information content (AvgIpc) is 2.70. The molecule has 7 heteroatoms. The minimum Gasteiger partial charge on any atom is -0.496 e. The van der Waals surface area contributed by atoms with Crippen LogP contribution in [0.5, 0.6) is 17.2 Å². The molecule has 2 aromatic rings. The number of benzene rings is 2. The van der Waals surface area contributed by atoms with Crippen LogP contribution in [0.2, 0.25) is 0 Å². The number of aryl methyl sites for hydroxylation is 1. The zero-order valence-corrected chi connectivity index (χ0v) is 15.8. The first-order valence-electron chi connectivity index (χ1n) is 8.27. The second-order valence-corrected chi connectivity index (χ2v) is 5.74. The van der Waals surface area contributed by atoms with Gasteiger partial charge in [-0.1, -0.05) is 17.7 Å². The van der Waals surface area contributed by atoms with E-state index in [0.717, 1.165) is 5.56 Å². The molecule has 0 aromatic heterocycles. The predicted molar refractivity (Wildman–Crippen MR) is 99.4 cm³/mol. The predicted octanol–water partition coefficient (Wildman–Crippen LogP) is 2.49. The van der Waals surface area contributed by atoms with Crippen molar-refractivity contribution in [3.63, 3.8) is 0 Å². The molecular weight excluding hydrogens is 350 g/mol. The van der Waals surface area contributed by atoms with E-state index in [0.29, 0.717) is 28.4 Å². The summed E-state index contributed by atoms with van der Waals surface area (Å²) < 4.78 is 20.8. The first-order valence-corrected chi connectivity index (χ1v) is 8.27. The van der Waals surface area contributed by atoms with Crippen LogP contribution < -0.4 is 19.5 Å². The van der Waals surface area contributed by atoms with Crippen molar-refractivity contribution in [2.24, 2.45) is 0 Å². The number of carbonyl (C=O) groups is 2. The third-order valence-electron chi connectivity index (χ3n) is 3.88. The molecule has 2 aromatic carbocycles. The fraction of sp³-hybridized carbons (Fsp3) is 0.300. The molecule has 0 saturated heterocycles. The molecular formula is C20H23NO6. The molecule has 0 radical (unpaired) electrons. The third kappa shape index (κ3) is 5.37. The normalized spacial score (nSPS) is 10.1. The summed E-state index contributed by atoms with van der Waals surface area (Å²) in [7, 11) is 4.58. The second-order valence-electron chi connectivity index (χ2n) is 5.74. The van der Waals surface area contributed by atoms with Crippen LogP contribution >= 0.6 is 0 Å². The third-order valence-corrected chi connectivity index (χ3v) is 3.88. The molecule has 144 valence electrons. The molecule has 0 saturated carbocycles. The van der Waals surface area contributed by atoms with E-state index in [4.69, 9.17) is 18.9 Å². The Labute approximate surface area is 158 Å². The van der Waals surface area contributed by atoms with Crippen LogP contribution in [0, 0.1) is 6.92 Å². The standard InChI is InChI=1S/C20H23NO6/c1-13-5-7-14(8-6-13)20(23)27-12-19(22)21-11-15-9-17(25-3)18(26-4)10-16(15)24-2/h5-10H,11-12H2,1-4H3,(H,21,22). The number of methoxy groups -OCH3 is 3. The summed E-state index contributed by atoms with van der Waals surface area (Å²) in [6.45, 7) is 1.73. The maximum Gasteiger partial charge on any atom is 0.338 e. The largest absolute Gasteiger partial charge is 0.496 e. The molecule has 0 bridgehead atoms. The molecule has 1 amide bonds. The zero-order chi connectivity index (χ0) is 19.8. The van der Waals surface area contributed by atoms with E-state index in [1.807, 2.05) is 6.92 Å². The van der Waals surface area contributed by atoms with Crippen molar-refractivity contribution < 1.29 is 28.5 Å². The van der Waals surface area contributed by atoms with Crippen molar-refractivity contribution in [2.45, 2.75) is 13.5 Å². The lowest BCUT2D eigenvalue weighted by Gasteiger charge is -2.14. The molecule has 27 heavy (non-hydrogen) atoms. The maximum absolute atomic E-state index is 12.0. The number of rotatable bonds is 8. The molecule has 7 nitrogen and oxygen atoms in total. The van der Waals surface area contributed by atoms with Gasteiger partial charge in [-0.2, -0.15) is 0 Å². The number of nitrogens with one attached hydrogen (secondary N) is 1. The molecule has 0 spiro atoms. The van der Waals surface area contributed by atoms with Gasteiger partial charge < -0.3 is 24.3 Å². The SMILES string of the molecule is COc1cc(OC)c(OC)cc1CNC(=O)COC(=O)c1ccc(C)cc1. The fourth-order valence-electron chi connectivity index (χ4n) is 2.38. The molecule has 0 aliphatic carbocycles. The number of hydrogen-bond acceptors (Lipinski definition) is 6. The van der Waals surface area contributed by atoms with E-state index in [-0.39, 0.29) is 13.2 Å². The number of ether oxygens (including phenoxy) is 4. The summed E-state index contributed by atoms with van der Waals surface area (Å²) in [4.78, 5) is 23.9. The van der Waals surface area contributed by atoms with Gasteiger partial charge >= 0.3 is 5.97 Å². The van der Waals surface area contributed by atoms with E-state index < -0.39 is 11.9 Å². The summed E-state index contributed by atoms with van der Waals surface area (Å²) in [5, 5.41) is 2.69. The van der Waals surface area contributed by atoms with Gasteiger partial charge in [0.2, 0.25) is 0 Å². The first kappa shape index (κ1) is 20.1. The Kier molecular flexibility index (Phi) is 7.05. The Bertz CT molecular complexity index is 801. The summed E-state index contributed by atoms with van der Waals surface area (Å²) in [5.74, 6) is 0.621. The molecule has 0 aliphatic rings. The van der Waals surface area contributed by atoms with Crippen LogP contribution in [-0.2, 0) is 16.1 Å². The van der Waals surface area contributed by atoms with Gasteiger partial charge in [-0.05, 0) is 25.1 Å². The van der Waals surface area contributed by atoms with Crippen molar-refractivity contribution >= 4 is 11.9 Å². The molecule has 0 fully saturated rings. The second kappa shape index (κ2) is 9.47. The van der Waals surface area contributed by atoms with Crippen LogP contribution in [0.25, 0.3) is 0 Å². The monoisotopic (exact) mass is 373 g/mol. The summed E-state index contributed by atoms with van der Waals surface area (Å²) in [5.41, 5.74) is 2.14. The van der Waals surface area contributed by atoms with Crippen LogP contribution in [0.4, 0.5) is 0 Å². The minimum atomic E-state index is -0.547. The van der Waals surface area contributed by atoms with Gasteiger partial charge in [-0.15, -0.1) is 0 Å². The molecule has 0 heterocycles. The van der Waals surface area contributed by atoms with E-state index >= 15 is 0 Å². The molecule has 0 unspecified atom stereocenters. The van der Waals surface area contributed by atoms with Gasteiger partial charge in [0.05, 0.1) is 26.9 Å². The van der Waals surface area contributed by atoms with E-state index in [1.165, 1.54) is 21.3 Å². The van der Waals surface area contributed by atoms with Gasteiger partial charge in [0.25, 0.3) is 5.91 Å². The van der Waals surface area contributed by atoms with Crippen LogP contribution in [0.1, 0.15) is 21.5 Å². The van der Waals surface area contributed by atoms with Gasteiger partial charge in [0.1, 0.15) is 5.75 Å². The number of hydrogen-bond donors (Lipinski definition) is 1. The Morgan fingerprint density at radius 2 is 1.48 bits per heavy atom. The first-order chi connectivity index (χ1) is 13.0. The van der Waals surface area contributed by atoms with Crippen molar-refractivity contribution in [1.82, 2.24) is 5.32 Å². The highest BCUT2D eigenvalue weighted by Crippen LogP contribution is 2.34. The Morgan fingerprint density at radius 3 is 2.07 bits per heavy atom. The van der Waals surface area contributed by atoms with Crippen molar-refractivity contribution in [3.8, 4) is 17.2 Å². The fourth-order valence-corrected chi connectivity index (χ4v) is 2.38. The number of esters is 1. The van der Waals surface area contributed by atoms with Crippen molar-refractivity contribution in [3.05, 3.63) is 53.1 Å². The van der Waals surface area contributed by atoms with Crippen LogP contribution in [0.15, 0.2) is 36.4 Å². The highest BCUT2D eigenvalue weighted by atomic mass is 16.5. The van der Waals surface area contributed by atoms with E-state index in [1.54, 1.807) is 36.4 Å². The maximum atomic E-state index is 12.0. The lowest BCUT2D eigenvalue weighted by molar-refractivity contribution is -0.124. The van der Waals surface area contributed by atoms with E-state index in [2.05, 4.69) is 5.32 Å². The lowest BCUT2D eigenvalue weighted by Crippen LogP contribution is -2.28. The van der Waals surface area contributed by atoms with Crippen LogP contribution in [-0.4, -0.2) is 39.8 Å². The topological polar surface area (TPSA) is 83.1 Å². The van der Waals surface area contributed by atoms with E-state index in [9.17, 15) is 9.59 Å². The van der Waals surface area contributed by atoms with Gasteiger partial charge in [0.15, 0.2) is 18.1 Å². The van der Waals surface area contributed by atoms with Gasteiger partial charge in [-0.25, -0.2) is 4.79 Å². The lowest BCUT2D eigenvalue weighted by atomic mass is 10.1. The Morgan fingerprint density at radius 1 is 0.889 bits per heavy atom. The zero-order valence-electron chi connectivity index (χ0n) is 15.8. The van der Waals surface area contributed by atoms with Crippen molar-refractivity contribution in [2.75, 3.05) is 27.9 Å². The highest BCUT2D eigenvalue weighted by Gasteiger charge is 2.14. The number of amides is 1. The van der Waals surface area contributed by atoms with Crippen molar-refractivity contribution in [1.29, 1.82) is 0 Å². The Balaban J connectivity index is 1.93. The smallest absolute Gasteiger partial charge is 0.338 e. The minimum absolute atomic E-state index is 0.185. The summed E-state index contributed by atoms with van der Waals surface area (Å²) >= 11 is 0. The van der Waals surface area contributed by atoms with Gasteiger partial charge in [-0.3, -0.25) is 4.79 Å². The van der Waals surface area contributed by atoms with Gasteiger partial charge in [0, 0.05) is 18.2 Å². The summed E-state index contributed by atoms with van der Waals surface area (Å²) in [6, 6.07) is 10.3. The molecule has 2 rings (SSSR count). The highest BCUT2D eigenvalue weighted by molar-refractivity contribution is 5.91. The molecule has 0 aliphatic heterocycles. The molecule has 1 N–H and O–H groups in total. The average molecular weight is 373 g/mol. The summed E-state index contributed by atoms with van der Waals surface area (Å²) in [6.07, 6.45) is 0.